The van der Waals surface area contributed by atoms with Crippen LogP contribution in [0.1, 0.15) is 113 Å². The third kappa shape index (κ3) is 14.1. The number of hydrogen-bond donors (Lipinski definition) is 6. The quantitative estimate of drug-likeness (QED) is 0.0390. The molecule has 6 aromatic rings. The molecular formula is C61H57F12N5O10S. The number of carbonyl (C=O) groups excluding carboxylic acids is 1. The number of nitrogens with one attached hydrogen (secondary N) is 1. The van der Waals surface area contributed by atoms with Gasteiger partial charge in [-0.2, -0.15) is 43.9 Å². The molecule has 4 aliphatic rings. The molecule has 15 nitrogen and oxygen atoms in total. The molecule has 5 atom stereocenters. The number of aromatic carboxylic acids is 1. The fourth-order valence-electron chi connectivity index (χ4n) is 9.84. The van der Waals surface area contributed by atoms with Crippen molar-refractivity contribution in [3.05, 3.63) is 165 Å². The Morgan fingerprint density at radius 3 is 1.57 bits per heavy atom. The van der Waals surface area contributed by atoms with Crippen LogP contribution < -0.4 is 35.1 Å². The first-order valence-electron chi connectivity index (χ1n) is 26.9. The molecule has 28 heteroatoms. The van der Waals surface area contributed by atoms with Gasteiger partial charge in [0, 0.05) is 51.9 Å². The molecule has 8 N–H and O–H groups in total. The number of aromatic nitrogens is 2. The summed E-state index contributed by atoms with van der Waals surface area (Å²) in [7, 11) is -1.58. The van der Waals surface area contributed by atoms with Crippen molar-refractivity contribution in [1.29, 1.82) is 0 Å². The van der Waals surface area contributed by atoms with E-state index < -0.39 is 118 Å². The fourth-order valence-corrected chi connectivity index (χ4v) is 10.7. The summed E-state index contributed by atoms with van der Waals surface area (Å²) in [6.45, 7) is 0.997. The molecular weight excluding hydrogens is 1220 g/mol. The van der Waals surface area contributed by atoms with Crippen LogP contribution in [0.2, 0.25) is 0 Å². The number of hydrogen-bond acceptors (Lipinski definition) is 13. The number of nitrogens with zero attached hydrogens (tertiary/aromatic N) is 2. The second-order valence-electron chi connectivity index (χ2n) is 22.5. The van der Waals surface area contributed by atoms with Crippen LogP contribution in [0.25, 0.3) is 34.7 Å². The van der Waals surface area contributed by atoms with E-state index in [1.165, 1.54) is 43.3 Å². The van der Waals surface area contributed by atoms with Gasteiger partial charge in [0.1, 0.15) is 47.7 Å². The topological polar surface area (TPSA) is 239 Å². The first-order chi connectivity index (χ1) is 41.4. The molecule has 10 rings (SSSR count). The van der Waals surface area contributed by atoms with Gasteiger partial charge in [-0.1, -0.05) is 24.3 Å². The maximum absolute atomic E-state index is 14.5. The summed E-state index contributed by atoms with van der Waals surface area (Å²) in [5.41, 5.74) is 3.30. The lowest BCUT2D eigenvalue weighted by atomic mass is 9.86. The van der Waals surface area contributed by atoms with Crippen LogP contribution in [0, 0.1) is 11.6 Å². The number of allylic oxidation sites excluding steroid dienone is 2. The number of Topliss-reactive ketones (excluding diaryl/α,β-unsaturated/α-hetero) is 1. The second-order valence-corrected chi connectivity index (χ2v) is 24.5. The number of aliphatic hydroxyl groups is 2. The van der Waals surface area contributed by atoms with Crippen LogP contribution in [0.15, 0.2) is 97.1 Å². The van der Waals surface area contributed by atoms with Gasteiger partial charge in [0.05, 0.1) is 43.8 Å². The van der Waals surface area contributed by atoms with Gasteiger partial charge in [-0.15, -0.1) is 0 Å². The predicted octanol–water partition coefficient (Wildman–Crippen LogP) is 11.8. The Labute approximate surface area is 503 Å². The van der Waals surface area contributed by atoms with E-state index in [9.17, 15) is 76.7 Å². The van der Waals surface area contributed by atoms with Crippen LogP contribution in [-0.4, -0.2) is 91.3 Å². The molecule has 0 radical (unpaired) electrons. The van der Waals surface area contributed by atoms with E-state index in [1.54, 1.807) is 52.0 Å². The SMILES string of the molecule is CC(C)(C)S(=O)N[C@]1(C)COc2c1cc([C@](O)(CN)C(F)(F)F)nc2-c1ccc(F)cc1.C[C@@]1(N)COc2c1cc([C@](O)(CCC(=O)c1cc3c(c(OC(F)F)c1)CC=C3)C(F)(F)F)nc2-c1ccc(F)cc1.O=C(O)c1cc2c(c(OC(F)F)c1)CC=C2. The minimum Gasteiger partial charge on any atom is -0.489 e. The van der Waals surface area contributed by atoms with Crippen molar-refractivity contribution in [2.24, 2.45) is 11.5 Å². The average molecular weight is 1280 g/mol. The van der Waals surface area contributed by atoms with Crippen molar-refractivity contribution >= 4 is 34.9 Å². The number of alkyl halides is 10. The summed E-state index contributed by atoms with van der Waals surface area (Å²) in [5.74, 6) is -3.17. The van der Waals surface area contributed by atoms with E-state index >= 15 is 0 Å². The van der Waals surface area contributed by atoms with Crippen molar-refractivity contribution in [3.63, 3.8) is 0 Å². The molecule has 0 amide bonds. The number of carboxylic acids is 1. The van der Waals surface area contributed by atoms with Crippen molar-refractivity contribution in [2.45, 2.75) is 113 Å². The number of pyridine rings is 2. The number of carboxylic acid groups (broad SMARTS) is 1. The van der Waals surface area contributed by atoms with E-state index in [1.807, 2.05) is 0 Å². The number of ether oxygens (including phenoxy) is 4. The molecule has 4 aromatic carbocycles. The summed E-state index contributed by atoms with van der Waals surface area (Å²) in [6, 6.07) is 16.8. The summed E-state index contributed by atoms with van der Waals surface area (Å²) < 4.78 is 197. The summed E-state index contributed by atoms with van der Waals surface area (Å²) in [5, 5.41) is 30.4. The number of fused-ring (bicyclic) bond motifs is 4. The summed E-state index contributed by atoms with van der Waals surface area (Å²) >= 11 is 0. The standard InChI is InChI=1S/C29H24F6N2O4.C21H25F4N3O3S.C11H8F2O3/c1-27(36)14-40-25-20(27)13-23(37-24(25)15-5-7-18(30)8-6-15)28(39,29(33,34)35)10-9-21(38)17-11-16-3-2-4-19(16)22(12-17)41-26(31)32;1-18(2,3)32(30)28-19(4)11-31-17-14(19)9-15(20(29,10-26)21(23,24)25)27-16(17)12-5-7-13(22)8-6-12;12-11(13)16-9-5-7(10(14)15)4-6-2-1-3-8(6)9/h2-3,5-8,11-13,26,39H,4,9-10,14,36H2,1H3;5-9,28-29H,10-11,26H2,1-4H3;1-2,4-5,11H,3H2,(H,14,15)/t27-,28-;19-,20-,32?;/m11./s1. The molecule has 2 aliphatic carbocycles. The molecule has 0 bridgehead atoms. The van der Waals surface area contributed by atoms with Crippen LogP contribution in [-0.2, 0) is 46.1 Å². The van der Waals surface area contributed by atoms with E-state index in [2.05, 4.69) is 24.2 Å². The Kier molecular flexibility index (Phi) is 19.0. The third-order valence-corrected chi connectivity index (χ3v) is 16.6. The highest BCUT2D eigenvalue weighted by atomic mass is 32.2. The van der Waals surface area contributed by atoms with Crippen LogP contribution in [0.5, 0.6) is 23.0 Å². The summed E-state index contributed by atoms with van der Waals surface area (Å²) in [4.78, 5) is 32.0. The average Bonchev–Trinajstić information content (AvgIpc) is 1.73. The Balaban J connectivity index is 0.000000188. The normalized spacial score (nSPS) is 18.9. The Hall–Kier alpha value is -7.89. The minimum atomic E-state index is -5.29. The highest BCUT2D eigenvalue weighted by Gasteiger charge is 2.58. The summed E-state index contributed by atoms with van der Waals surface area (Å²) in [6.07, 6.45) is -4.83. The monoisotopic (exact) mass is 1280 g/mol. The van der Waals surface area contributed by atoms with Gasteiger partial charge in [0.25, 0.3) is 0 Å². The Morgan fingerprint density at radius 2 is 1.12 bits per heavy atom. The zero-order chi connectivity index (χ0) is 65.6. The predicted molar refractivity (Wildman–Crippen MR) is 301 cm³/mol. The van der Waals surface area contributed by atoms with Gasteiger partial charge in [-0.3, -0.25) is 4.79 Å². The minimum absolute atomic E-state index is 0.0132. The Bertz CT molecular complexity index is 3770. The molecule has 0 saturated heterocycles. The zero-order valence-electron chi connectivity index (χ0n) is 47.7. The Morgan fingerprint density at radius 1 is 0.685 bits per heavy atom. The van der Waals surface area contributed by atoms with Crippen molar-refractivity contribution in [2.75, 3.05) is 19.8 Å². The van der Waals surface area contributed by atoms with Gasteiger partial charge in [0.15, 0.2) is 17.3 Å². The molecule has 2 aliphatic heterocycles. The van der Waals surface area contributed by atoms with E-state index in [-0.39, 0.29) is 81.0 Å². The van der Waals surface area contributed by atoms with Gasteiger partial charge in [0.2, 0.25) is 11.2 Å². The number of halogens is 12. The molecule has 0 saturated carbocycles. The van der Waals surface area contributed by atoms with Crippen molar-refractivity contribution in [3.8, 4) is 45.5 Å². The zero-order valence-corrected chi connectivity index (χ0v) is 48.5. The lowest BCUT2D eigenvalue weighted by Crippen LogP contribution is -2.50. The molecule has 1 unspecified atom stereocenters. The highest BCUT2D eigenvalue weighted by Crippen LogP contribution is 2.50. The maximum Gasteiger partial charge on any atom is 0.424 e. The molecule has 476 valence electrons. The van der Waals surface area contributed by atoms with Crippen molar-refractivity contribution in [1.82, 2.24) is 14.7 Å². The van der Waals surface area contributed by atoms with E-state index in [4.69, 9.17) is 26.0 Å². The van der Waals surface area contributed by atoms with E-state index in [0.29, 0.717) is 35.1 Å². The number of benzene rings is 4. The number of nitrogens with two attached hydrogens (primary N) is 2. The van der Waals surface area contributed by atoms with Crippen LogP contribution in [0.4, 0.5) is 52.7 Å². The largest absolute Gasteiger partial charge is 0.489 e. The lowest BCUT2D eigenvalue weighted by Gasteiger charge is -2.31. The molecule has 0 fully saturated rings. The van der Waals surface area contributed by atoms with Gasteiger partial charge >= 0.3 is 31.5 Å². The number of rotatable bonds is 16. The third-order valence-electron chi connectivity index (χ3n) is 14.8. The first-order valence-corrected chi connectivity index (χ1v) is 28.0. The molecule has 0 spiro atoms. The second kappa shape index (κ2) is 25.2. The highest BCUT2D eigenvalue weighted by molar-refractivity contribution is 7.84. The van der Waals surface area contributed by atoms with Crippen LogP contribution >= 0.6 is 0 Å². The maximum atomic E-state index is 14.5. The van der Waals surface area contributed by atoms with Gasteiger partial charge < -0.3 is 45.7 Å². The fraction of sp³-hybridized carbons (Fsp3) is 0.344. The van der Waals surface area contributed by atoms with E-state index in [0.717, 1.165) is 48.5 Å². The number of carbonyl (C=O) groups is 2. The molecule has 4 heterocycles. The van der Waals surface area contributed by atoms with Crippen LogP contribution in [0.3, 0.4) is 0 Å². The van der Waals surface area contributed by atoms with Gasteiger partial charge in [-0.05, 0) is 150 Å². The first kappa shape index (κ1) is 67.0. The smallest absolute Gasteiger partial charge is 0.424 e. The van der Waals surface area contributed by atoms with Crippen molar-refractivity contribution < 1.29 is 101 Å². The van der Waals surface area contributed by atoms with Gasteiger partial charge in [-0.25, -0.2) is 32.5 Å². The molecule has 89 heavy (non-hydrogen) atoms. The molecule has 2 aromatic heterocycles. The lowest BCUT2D eigenvalue weighted by molar-refractivity contribution is -0.270. The number of ketones is 1.